The lowest BCUT2D eigenvalue weighted by Crippen LogP contribution is -2.43. The third kappa shape index (κ3) is 5.85. The van der Waals surface area contributed by atoms with Crippen molar-refractivity contribution in [2.45, 2.75) is 25.8 Å². The Labute approximate surface area is 112 Å². The molecule has 0 spiro atoms. The number of carboxylic acid groups (broad SMARTS) is 1. The van der Waals surface area contributed by atoms with Crippen molar-refractivity contribution < 1.29 is 14.7 Å². The molecule has 0 aromatic carbocycles. The van der Waals surface area contributed by atoms with E-state index >= 15 is 0 Å². The van der Waals surface area contributed by atoms with Crippen LogP contribution >= 0.6 is 0 Å². The van der Waals surface area contributed by atoms with Gasteiger partial charge in [-0.25, -0.2) is 4.79 Å². The van der Waals surface area contributed by atoms with E-state index in [4.69, 9.17) is 5.11 Å². The molecule has 6 heteroatoms. The lowest BCUT2D eigenvalue weighted by Gasteiger charge is -2.20. The molecule has 1 aromatic heterocycles. The molecule has 2 amide bonds. The van der Waals surface area contributed by atoms with Crippen LogP contribution in [0, 0.1) is 0 Å². The molecule has 104 valence electrons. The number of amides is 2. The van der Waals surface area contributed by atoms with Crippen molar-refractivity contribution in [2.75, 3.05) is 13.6 Å². The summed E-state index contributed by atoms with van der Waals surface area (Å²) < 4.78 is 0. The lowest BCUT2D eigenvalue weighted by atomic mass is 10.2. The van der Waals surface area contributed by atoms with Gasteiger partial charge in [0.25, 0.3) is 0 Å². The summed E-state index contributed by atoms with van der Waals surface area (Å²) in [6.45, 7) is 2.23. The molecule has 1 atom stereocenters. The molecule has 0 aliphatic heterocycles. The van der Waals surface area contributed by atoms with E-state index in [9.17, 15) is 9.59 Å². The molecule has 0 saturated heterocycles. The summed E-state index contributed by atoms with van der Waals surface area (Å²) in [6.07, 6.45) is 4.08. The van der Waals surface area contributed by atoms with Crippen molar-refractivity contribution in [1.82, 2.24) is 15.2 Å². The Morgan fingerprint density at radius 3 is 2.63 bits per heavy atom. The minimum Gasteiger partial charge on any atom is -0.481 e. The van der Waals surface area contributed by atoms with Gasteiger partial charge >= 0.3 is 12.0 Å². The highest BCUT2D eigenvalue weighted by Gasteiger charge is 2.13. The number of carbonyl (C=O) groups excluding carboxylic acids is 1. The number of aromatic nitrogens is 1. The van der Waals surface area contributed by atoms with Gasteiger partial charge in [0.15, 0.2) is 0 Å². The molecule has 1 heterocycles. The van der Waals surface area contributed by atoms with E-state index < -0.39 is 5.97 Å². The molecule has 2 N–H and O–H groups in total. The van der Waals surface area contributed by atoms with Crippen molar-refractivity contribution in [2.24, 2.45) is 0 Å². The second-order valence-corrected chi connectivity index (χ2v) is 4.48. The maximum atomic E-state index is 11.8. The fourth-order valence-electron chi connectivity index (χ4n) is 1.58. The summed E-state index contributed by atoms with van der Waals surface area (Å²) in [5.41, 5.74) is 1.10. The van der Waals surface area contributed by atoms with Crippen LogP contribution in [0.1, 0.15) is 18.9 Å². The zero-order valence-electron chi connectivity index (χ0n) is 11.2. The smallest absolute Gasteiger partial charge is 0.317 e. The van der Waals surface area contributed by atoms with Crippen LogP contribution < -0.4 is 5.32 Å². The van der Waals surface area contributed by atoms with E-state index in [0.717, 1.165) is 12.0 Å². The highest BCUT2D eigenvalue weighted by atomic mass is 16.4. The number of aliphatic carboxylic acids is 1. The minimum atomic E-state index is -0.924. The Balaban J connectivity index is 2.34. The number of urea groups is 1. The van der Waals surface area contributed by atoms with E-state index in [-0.39, 0.29) is 18.5 Å². The zero-order valence-corrected chi connectivity index (χ0v) is 11.2. The first-order valence-corrected chi connectivity index (χ1v) is 6.11. The molecule has 0 fully saturated rings. The molecule has 19 heavy (non-hydrogen) atoms. The first-order chi connectivity index (χ1) is 8.99. The van der Waals surface area contributed by atoms with Gasteiger partial charge < -0.3 is 15.3 Å². The standard InChI is InChI=1S/C13H19N3O3/c1-10(9-12(17)18)15-13(19)16(2)8-5-11-3-6-14-7-4-11/h3-4,6-7,10H,5,8-9H2,1-2H3,(H,15,19)(H,17,18). The molecule has 1 aromatic rings. The maximum Gasteiger partial charge on any atom is 0.317 e. The van der Waals surface area contributed by atoms with E-state index in [2.05, 4.69) is 10.3 Å². The van der Waals surface area contributed by atoms with Gasteiger partial charge in [0.1, 0.15) is 0 Å². The quantitative estimate of drug-likeness (QED) is 0.807. The zero-order chi connectivity index (χ0) is 14.3. The molecule has 0 saturated carbocycles. The van der Waals surface area contributed by atoms with Crippen LogP contribution in [0.5, 0.6) is 0 Å². The van der Waals surface area contributed by atoms with Crippen LogP contribution in [0.3, 0.4) is 0 Å². The fourth-order valence-corrected chi connectivity index (χ4v) is 1.58. The number of rotatable bonds is 6. The summed E-state index contributed by atoms with van der Waals surface area (Å²) in [5.74, 6) is -0.924. The van der Waals surface area contributed by atoms with Gasteiger partial charge in [-0.2, -0.15) is 0 Å². The summed E-state index contributed by atoms with van der Waals surface area (Å²) in [5, 5.41) is 11.3. The third-order valence-electron chi connectivity index (χ3n) is 2.68. The van der Waals surface area contributed by atoms with E-state index in [0.29, 0.717) is 6.54 Å². The number of nitrogens with zero attached hydrogens (tertiary/aromatic N) is 2. The van der Waals surface area contributed by atoms with Gasteiger partial charge in [-0.15, -0.1) is 0 Å². The van der Waals surface area contributed by atoms with Gasteiger partial charge in [0.05, 0.1) is 6.42 Å². The molecular weight excluding hydrogens is 246 g/mol. The van der Waals surface area contributed by atoms with Gasteiger partial charge in [-0.3, -0.25) is 9.78 Å². The van der Waals surface area contributed by atoms with Crippen molar-refractivity contribution in [3.63, 3.8) is 0 Å². The van der Waals surface area contributed by atoms with Crippen molar-refractivity contribution in [3.05, 3.63) is 30.1 Å². The molecular formula is C13H19N3O3. The number of carbonyl (C=O) groups is 2. The Kier molecular flexibility index (Phi) is 5.78. The highest BCUT2D eigenvalue weighted by molar-refractivity contribution is 5.75. The predicted molar refractivity (Wildman–Crippen MR) is 70.8 cm³/mol. The number of likely N-dealkylation sites (N-methyl/N-ethyl adjacent to an activating group) is 1. The van der Waals surface area contributed by atoms with Gasteiger partial charge in [0, 0.05) is 32.0 Å². The minimum absolute atomic E-state index is 0.0794. The lowest BCUT2D eigenvalue weighted by molar-refractivity contribution is -0.137. The molecule has 0 bridgehead atoms. The summed E-state index contributed by atoms with van der Waals surface area (Å²) in [7, 11) is 1.68. The largest absolute Gasteiger partial charge is 0.481 e. The van der Waals surface area contributed by atoms with Gasteiger partial charge in [-0.1, -0.05) is 0 Å². The molecule has 6 nitrogen and oxygen atoms in total. The van der Waals surface area contributed by atoms with Gasteiger partial charge in [0.2, 0.25) is 0 Å². The normalized spacial score (nSPS) is 11.7. The van der Waals surface area contributed by atoms with Crippen LogP contribution in [-0.4, -0.2) is 46.6 Å². The molecule has 0 aliphatic carbocycles. The van der Waals surface area contributed by atoms with Crippen LogP contribution in [0.25, 0.3) is 0 Å². The second-order valence-electron chi connectivity index (χ2n) is 4.48. The first-order valence-electron chi connectivity index (χ1n) is 6.11. The molecule has 1 rings (SSSR count). The summed E-state index contributed by atoms with van der Waals surface area (Å²) in [4.78, 5) is 27.7. The Morgan fingerprint density at radius 1 is 1.42 bits per heavy atom. The predicted octanol–water partition coefficient (Wildman–Crippen LogP) is 1.13. The maximum absolute atomic E-state index is 11.8. The number of nitrogens with one attached hydrogen (secondary N) is 1. The van der Waals surface area contributed by atoms with Crippen molar-refractivity contribution in [3.8, 4) is 0 Å². The van der Waals surface area contributed by atoms with Crippen LogP contribution in [0.4, 0.5) is 4.79 Å². The van der Waals surface area contributed by atoms with E-state index in [1.165, 1.54) is 0 Å². The Morgan fingerprint density at radius 2 is 2.05 bits per heavy atom. The summed E-state index contributed by atoms with van der Waals surface area (Å²) >= 11 is 0. The van der Waals surface area contributed by atoms with E-state index in [1.54, 1.807) is 31.3 Å². The number of carboxylic acids is 1. The number of hydrogen-bond acceptors (Lipinski definition) is 3. The Hall–Kier alpha value is -2.11. The van der Waals surface area contributed by atoms with Gasteiger partial charge in [-0.05, 0) is 31.0 Å². The molecule has 0 aliphatic rings. The number of pyridine rings is 1. The van der Waals surface area contributed by atoms with Crippen molar-refractivity contribution in [1.29, 1.82) is 0 Å². The fraction of sp³-hybridized carbons (Fsp3) is 0.462. The highest BCUT2D eigenvalue weighted by Crippen LogP contribution is 2.00. The SMILES string of the molecule is CC(CC(=O)O)NC(=O)N(C)CCc1ccncc1. The average molecular weight is 265 g/mol. The van der Waals surface area contributed by atoms with Crippen LogP contribution in [0.15, 0.2) is 24.5 Å². The Bertz CT molecular complexity index is 422. The van der Waals surface area contributed by atoms with Crippen molar-refractivity contribution >= 4 is 12.0 Å². The van der Waals surface area contributed by atoms with Crippen LogP contribution in [-0.2, 0) is 11.2 Å². The van der Waals surface area contributed by atoms with E-state index in [1.807, 2.05) is 12.1 Å². The topological polar surface area (TPSA) is 82.5 Å². The average Bonchev–Trinajstić information content (AvgIpc) is 2.36. The second kappa shape index (κ2) is 7.35. The molecule has 0 radical (unpaired) electrons. The number of hydrogen-bond donors (Lipinski definition) is 2. The third-order valence-corrected chi connectivity index (χ3v) is 2.68. The monoisotopic (exact) mass is 265 g/mol. The first kappa shape index (κ1) is 14.9. The molecule has 1 unspecified atom stereocenters. The van der Waals surface area contributed by atoms with Crippen LogP contribution in [0.2, 0.25) is 0 Å². The summed E-state index contributed by atoms with van der Waals surface area (Å²) in [6, 6.07) is 3.16.